The van der Waals surface area contributed by atoms with Crippen LogP contribution >= 0.6 is 24.0 Å². The second kappa shape index (κ2) is 13.0. The summed E-state index contributed by atoms with van der Waals surface area (Å²) in [6.07, 6.45) is 0. The summed E-state index contributed by atoms with van der Waals surface area (Å²) < 4.78 is 27.1. The van der Waals surface area contributed by atoms with Gasteiger partial charge in [0.2, 0.25) is 5.91 Å². The van der Waals surface area contributed by atoms with E-state index in [1.807, 2.05) is 27.7 Å². The van der Waals surface area contributed by atoms with Crippen molar-refractivity contribution in [2.45, 2.75) is 39.7 Å². The predicted molar refractivity (Wildman–Crippen MR) is 127 cm³/mol. The first-order valence-electron chi connectivity index (χ1n) is 10.3. The van der Waals surface area contributed by atoms with Crippen LogP contribution in [0.5, 0.6) is 0 Å². The Morgan fingerprint density at radius 2 is 1.83 bits per heavy atom. The summed E-state index contributed by atoms with van der Waals surface area (Å²) in [7, 11) is 0. The molecule has 170 valence electrons. The molecule has 0 aliphatic carbocycles. The fourth-order valence-electron chi connectivity index (χ4n) is 3.34. The molecule has 1 amide bonds. The molecule has 1 saturated heterocycles. The molecular formula is C21H34F2IN5O. The number of hydrogen-bond donors (Lipinski definition) is 2. The van der Waals surface area contributed by atoms with Gasteiger partial charge in [-0.15, -0.1) is 24.0 Å². The SMILES string of the molecule is CCNC(=NCC(C)c1ccc(F)cc1F)N1CCN(CC(=O)NC(C)C)CC1.I. The van der Waals surface area contributed by atoms with E-state index in [4.69, 9.17) is 0 Å². The molecular weight excluding hydrogens is 503 g/mol. The van der Waals surface area contributed by atoms with Crippen LogP contribution in [-0.4, -0.2) is 73.5 Å². The third kappa shape index (κ3) is 8.33. The van der Waals surface area contributed by atoms with Crippen molar-refractivity contribution in [3.05, 3.63) is 35.4 Å². The van der Waals surface area contributed by atoms with Crippen LogP contribution in [0, 0.1) is 11.6 Å². The van der Waals surface area contributed by atoms with Crippen LogP contribution < -0.4 is 10.6 Å². The fraction of sp³-hybridized carbons (Fsp3) is 0.619. The number of aliphatic imine (C=N–C) groups is 1. The number of carbonyl (C=O) groups is 1. The molecule has 0 aromatic heterocycles. The summed E-state index contributed by atoms with van der Waals surface area (Å²) in [4.78, 5) is 20.9. The van der Waals surface area contributed by atoms with Gasteiger partial charge in [-0.2, -0.15) is 0 Å². The fourth-order valence-corrected chi connectivity index (χ4v) is 3.34. The summed E-state index contributed by atoms with van der Waals surface area (Å²) >= 11 is 0. The summed E-state index contributed by atoms with van der Waals surface area (Å²) in [5.74, 6) is -0.441. The highest BCUT2D eigenvalue weighted by Gasteiger charge is 2.22. The number of nitrogens with one attached hydrogen (secondary N) is 2. The summed E-state index contributed by atoms with van der Waals surface area (Å²) in [6, 6.07) is 3.82. The van der Waals surface area contributed by atoms with E-state index in [1.165, 1.54) is 12.1 Å². The minimum absolute atomic E-state index is 0. The molecule has 0 bridgehead atoms. The number of nitrogens with zero attached hydrogens (tertiary/aromatic N) is 3. The van der Waals surface area contributed by atoms with E-state index in [2.05, 4.69) is 25.4 Å². The molecule has 9 heteroatoms. The highest BCUT2D eigenvalue weighted by molar-refractivity contribution is 14.0. The van der Waals surface area contributed by atoms with E-state index in [0.29, 0.717) is 18.7 Å². The van der Waals surface area contributed by atoms with Gasteiger partial charge in [-0.05, 0) is 32.4 Å². The molecule has 6 nitrogen and oxygen atoms in total. The number of benzene rings is 1. The van der Waals surface area contributed by atoms with Crippen molar-refractivity contribution in [1.82, 2.24) is 20.4 Å². The maximum absolute atomic E-state index is 14.0. The third-order valence-corrected chi connectivity index (χ3v) is 4.83. The van der Waals surface area contributed by atoms with Gasteiger partial charge in [-0.3, -0.25) is 14.7 Å². The highest BCUT2D eigenvalue weighted by Crippen LogP contribution is 2.20. The van der Waals surface area contributed by atoms with Crippen molar-refractivity contribution >= 4 is 35.8 Å². The van der Waals surface area contributed by atoms with Gasteiger partial charge in [0.05, 0.1) is 6.54 Å². The van der Waals surface area contributed by atoms with E-state index < -0.39 is 11.6 Å². The van der Waals surface area contributed by atoms with Crippen LogP contribution in [0.4, 0.5) is 8.78 Å². The number of carbonyl (C=O) groups excluding carboxylic acids is 1. The molecule has 1 aromatic carbocycles. The first-order valence-corrected chi connectivity index (χ1v) is 10.3. The van der Waals surface area contributed by atoms with Crippen LogP contribution in [0.2, 0.25) is 0 Å². The number of hydrogen-bond acceptors (Lipinski definition) is 3. The molecule has 2 rings (SSSR count). The van der Waals surface area contributed by atoms with Crippen LogP contribution in [-0.2, 0) is 4.79 Å². The van der Waals surface area contributed by atoms with Crippen LogP contribution in [0.15, 0.2) is 23.2 Å². The van der Waals surface area contributed by atoms with Gasteiger partial charge in [-0.1, -0.05) is 13.0 Å². The molecule has 0 spiro atoms. The van der Waals surface area contributed by atoms with Gasteiger partial charge < -0.3 is 15.5 Å². The largest absolute Gasteiger partial charge is 0.357 e. The molecule has 1 atom stereocenters. The Labute approximate surface area is 195 Å². The van der Waals surface area contributed by atoms with Crippen LogP contribution in [0.3, 0.4) is 0 Å². The second-order valence-corrected chi connectivity index (χ2v) is 7.75. The minimum atomic E-state index is -0.574. The lowest BCUT2D eigenvalue weighted by Crippen LogP contribution is -2.54. The first-order chi connectivity index (χ1) is 13.8. The smallest absolute Gasteiger partial charge is 0.234 e. The van der Waals surface area contributed by atoms with Gasteiger partial charge in [0.25, 0.3) is 0 Å². The van der Waals surface area contributed by atoms with Gasteiger partial charge >= 0.3 is 0 Å². The Balaban J connectivity index is 0.00000450. The quantitative estimate of drug-likeness (QED) is 0.319. The number of guanidine groups is 1. The second-order valence-electron chi connectivity index (χ2n) is 7.75. The van der Waals surface area contributed by atoms with Crippen LogP contribution in [0.25, 0.3) is 0 Å². The summed E-state index contributed by atoms with van der Waals surface area (Å²) in [5, 5.41) is 6.21. The Morgan fingerprint density at radius 3 is 2.40 bits per heavy atom. The van der Waals surface area contributed by atoms with Crippen molar-refractivity contribution in [3.63, 3.8) is 0 Å². The van der Waals surface area contributed by atoms with E-state index in [1.54, 1.807) is 0 Å². The standard InChI is InChI=1S/C21H33F2N5O.HI/c1-5-24-21(25-13-16(4)18-7-6-17(22)12-19(18)23)28-10-8-27(9-11-28)14-20(29)26-15(2)3;/h6-7,12,15-16H,5,8-11,13-14H2,1-4H3,(H,24,25)(H,26,29);1H. The average molecular weight is 537 g/mol. The lowest BCUT2D eigenvalue weighted by atomic mass is 10.0. The summed E-state index contributed by atoms with van der Waals surface area (Å²) in [5.41, 5.74) is 0.465. The Morgan fingerprint density at radius 1 is 1.17 bits per heavy atom. The zero-order valence-corrected chi connectivity index (χ0v) is 20.6. The minimum Gasteiger partial charge on any atom is -0.357 e. The van der Waals surface area contributed by atoms with Crippen LogP contribution in [0.1, 0.15) is 39.2 Å². The van der Waals surface area contributed by atoms with Gasteiger partial charge in [0, 0.05) is 57.3 Å². The molecule has 2 N–H and O–H groups in total. The third-order valence-electron chi connectivity index (χ3n) is 4.83. The maximum atomic E-state index is 14.0. The maximum Gasteiger partial charge on any atom is 0.234 e. The van der Waals surface area contributed by atoms with Crippen molar-refractivity contribution in [1.29, 1.82) is 0 Å². The number of halogens is 3. The zero-order valence-electron chi connectivity index (χ0n) is 18.3. The van der Waals surface area contributed by atoms with Gasteiger partial charge in [0.15, 0.2) is 5.96 Å². The molecule has 1 fully saturated rings. The topological polar surface area (TPSA) is 60.0 Å². The molecule has 30 heavy (non-hydrogen) atoms. The number of rotatable bonds is 7. The molecule has 1 aromatic rings. The molecule has 1 heterocycles. The Hall–Kier alpha value is -1.49. The van der Waals surface area contributed by atoms with E-state index in [-0.39, 0.29) is 41.8 Å². The van der Waals surface area contributed by atoms with Crippen molar-refractivity contribution in [2.24, 2.45) is 4.99 Å². The van der Waals surface area contributed by atoms with Gasteiger partial charge in [0.1, 0.15) is 11.6 Å². The average Bonchev–Trinajstić information content (AvgIpc) is 2.65. The molecule has 1 unspecified atom stereocenters. The Bertz CT molecular complexity index is 709. The molecule has 1 aliphatic heterocycles. The molecule has 1 aliphatic rings. The monoisotopic (exact) mass is 537 g/mol. The van der Waals surface area contributed by atoms with E-state index >= 15 is 0 Å². The highest BCUT2D eigenvalue weighted by atomic mass is 127. The van der Waals surface area contributed by atoms with E-state index in [0.717, 1.165) is 44.7 Å². The summed E-state index contributed by atoms with van der Waals surface area (Å²) in [6.45, 7) is 12.4. The van der Waals surface area contributed by atoms with Crippen molar-refractivity contribution < 1.29 is 13.6 Å². The zero-order chi connectivity index (χ0) is 21.4. The normalized spacial score (nSPS) is 16.2. The lowest BCUT2D eigenvalue weighted by Gasteiger charge is -2.36. The number of amides is 1. The molecule has 0 saturated carbocycles. The van der Waals surface area contributed by atoms with Gasteiger partial charge in [-0.25, -0.2) is 8.78 Å². The molecule has 0 radical (unpaired) electrons. The van der Waals surface area contributed by atoms with E-state index in [9.17, 15) is 13.6 Å². The number of piperazine rings is 1. The first kappa shape index (κ1) is 26.5. The lowest BCUT2D eigenvalue weighted by molar-refractivity contribution is -0.123. The van der Waals surface area contributed by atoms with Crippen molar-refractivity contribution in [2.75, 3.05) is 45.8 Å². The predicted octanol–water partition coefficient (Wildman–Crippen LogP) is 2.79. The van der Waals surface area contributed by atoms with Crippen molar-refractivity contribution in [3.8, 4) is 0 Å². The Kier molecular flexibility index (Phi) is 11.5.